The van der Waals surface area contributed by atoms with Gasteiger partial charge in [0.1, 0.15) is 0 Å². The van der Waals surface area contributed by atoms with Crippen LogP contribution in [0.2, 0.25) is 0 Å². The van der Waals surface area contributed by atoms with Gasteiger partial charge >= 0.3 is 0 Å². The fraction of sp³-hybridized carbons (Fsp3) is 0.632. The maximum Gasteiger partial charge on any atom is 0.254 e. The maximum atomic E-state index is 12.8. The van der Waals surface area contributed by atoms with Crippen LogP contribution in [0.5, 0.6) is 0 Å². The Bertz CT molecular complexity index is 496. The number of carbonyl (C=O) groups is 1. The van der Waals surface area contributed by atoms with Gasteiger partial charge in [0.05, 0.1) is 0 Å². The van der Waals surface area contributed by atoms with Crippen LogP contribution in [-0.4, -0.2) is 37.5 Å². The summed E-state index contributed by atoms with van der Waals surface area (Å²) in [7, 11) is 1.95. The van der Waals surface area contributed by atoms with E-state index in [-0.39, 0.29) is 5.91 Å². The minimum Gasteiger partial charge on any atom is -0.339 e. The Morgan fingerprint density at radius 1 is 1.23 bits per heavy atom. The highest BCUT2D eigenvalue weighted by molar-refractivity contribution is 5.95. The largest absolute Gasteiger partial charge is 0.339 e. The lowest BCUT2D eigenvalue weighted by Crippen LogP contribution is -2.41. The summed E-state index contributed by atoms with van der Waals surface area (Å²) in [6, 6.07) is 8.04. The highest BCUT2D eigenvalue weighted by atomic mass is 16.2. The molecule has 1 aromatic rings. The molecule has 122 valence electrons. The number of rotatable bonds is 4. The van der Waals surface area contributed by atoms with Crippen molar-refractivity contribution in [2.24, 2.45) is 11.3 Å². The molecule has 22 heavy (non-hydrogen) atoms. The number of nitrogens with zero attached hydrogens (tertiary/aromatic N) is 1. The van der Waals surface area contributed by atoms with Crippen molar-refractivity contribution in [2.45, 2.75) is 40.0 Å². The van der Waals surface area contributed by atoms with E-state index in [1.165, 1.54) is 0 Å². The van der Waals surface area contributed by atoms with E-state index in [0.717, 1.165) is 55.9 Å². The van der Waals surface area contributed by atoms with Crippen LogP contribution >= 0.6 is 0 Å². The van der Waals surface area contributed by atoms with Crippen LogP contribution in [0.3, 0.4) is 0 Å². The van der Waals surface area contributed by atoms with E-state index in [9.17, 15) is 4.79 Å². The molecule has 1 fully saturated rings. The fourth-order valence-electron chi connectivity index (χ4n) is 3.33. The van der Waals surface area contributed by atoms with Crippen molar-refractivity contribution >= 4 is 5.91 Å². The molecule has 1 aliphatic heterocycles. The smallest absolute Gasteiger partial charge is 0.254 e. The van der Waals surface area contributed by atoms with Crippen molar-refractivity contribution in [3.63, 3.8) is 0 Å². The van der Waals surface area contributed by atoms with Gasteiger partial charge in [0, 0.05) is 18.7 Å². The summed E-state index contributed by atoms with van der Waals surface area (Å²) < 4.78 is 0. The summed E-state index contributed by atoms with van der Waals surface area (Å²) in [5.74, 6) is 0.926. The van der Waals surface area contributed by atoms with Gasteiger partial charge in [-0.3, -0.25) is 4.79 Å². The van der Waals surface area contributed by atoms with E-state index < -0.39 is 0 Å². The third-order valence-corrected chi connectivity index (χ3v) is 4.90. The lowest BCUT2D eigenvalue weighted by atomic mass is 9.75. The number of hydrogen-bond donors (Lipinski definition) is 1. The summed E-state index contributed by atoms with van der Waals surface area (Å²) in [5.41, 5.74) is 2.38. The van der Waals surface area contributed by atoms with Crippen LogP contribution in [0.15, 0.2) is 24.3 Å². The van der Waals surface area contributed by atoms with E-state index in [1.54, 1.807) is 0 Å². The number of nitrogens with one attached hydrogen (secondary N) is 1. The normalized spacial score (nSPS) is 16.8. The average molecular weight is 302 g/mol. The van der Waals surface area contributed by atoms with Crippen LogP contribution in [0.1, 0.15) is 49.5 Å². The first kappa shape index (κ1) is 17.0. The zero-order chi connectivity index (χ0) is 16.2. The average Bonchev–Trinajstić information content (AvgIpc) is 2.52. The predicted molar refractivity (Wildman–Crippen MR) is 92.2 cm³/mol. The van der Waals surface area contributed by atoms with Gasteiger partial charge in [0.2, 0.25) is 0 Å². The topological polar surface area (TPSA) is 32.3 Å². The maximum absolute atomic E-state index is 12.8. The Balaban J connectivity index is 2.04. The quantitative estimate of drug-likeness (QED) is 0.925. The molecular formula is C19H30N2O. The Kier molecular flexibility index (Phi) is 5.63. The third-order valence-electron chi connectivity index (χ3n) is 4.90. The highest BCUT2D eigenvalue weighted by Crippen LogP contribution is 2.34. The minimum atomic E-state index is 0.207. The Labute approximate surface area is 135 Å². The van der Waals surface area contributed by atoms with Gasteiger partial charge in [0.25, 0.3) is 5.91 Å². The second-order valence-corrected chi connectivity index (χ2v) is 7.44. The van der Waals surface area contributed by atoms with Crippen molar-refractivity contribution in [3.8, 4) is 0 Å². The van der Waals surface area contributed by atoms with E-state index in [4.69, 9.17) is 0 Å². The molecule has 0 spiro atoms. The van der Waals surface area contributed by atoms with Crippen molar-refractivity contribution < 1.29 is 4.79 Å². The molecule has 0 saturated carbocycles. The first-order valence-electron chi connectivity index (χ1n) is 8.45. The zero-order valence-electron chi connectivity index (χ0n) is 14.5. The summed E-state index contributed by atoms with van der Waals surface area (Å²) in [5, 5.41) is 3.16. The molecule has 0 atom stereocenters. The van der Waals surface area contributed by atoms with E-state index >= 15 is 0 Å². The zero-order valence-corrected chi connectivity index (χ0v) is 14.5. The van der Waals surface area contributed by atoms with Crippen LogP contribution in [0.25, 0.3) is 0 Å². The number of benzene rings is 1. The second kappa shape index (κ2) is 7.28. The van der Waals surface area contributed by atoms with Crippen LogP contribution < -0.4 is 5.32 Å². The summed E-state index contributed by atoms with van der Waals surface area (Å²) in [4.78, 5) is 14.9. The first-order chi connectivity index (χ1) is 10.4. The molecule has 3 heteroatoms. The van der Waals surface area contributed by atoms with Gasteiger partial charge in [-0.2, -0.15) is 0 Å². The SMILES string of the molecule is CNCCc1ccccc1C(=O)N1CCC(C(C)(C)C)CC1. The number of amides is 1. The van der Waals surface area contributed by atoms with E-state index in [2.05, 4.69) is 32.2 Å². The highest BCUT2D eigenvalue weighted by Gasteiger charge is 2.31. The molecule has 0 radical (unpaired) electrons. The lowest BCUT2D eigenvalue weighted by molar-refractivity contribution is 0.0607. The number of likely N-dealkylation sites (tertiary alicyclic amines) is 1. The molecule has 2 rings (SSSR count). The Hall–Kier alpha value is -1.35. The molecule has 1 amide bonds. The monoisotopic (exact) mass is 302 g/mol. The third kappa shape index (κ3) is 4.10. The number of piperidine rings is 1. The second-order valence-electron chi connectivity index (χ2n) is 7.44. The Morgan fingerprint density at radius 3 is 2.45 bits per heavy atom. The number of likely N-dealkylation sites (N-methyl/N-ethyl adjacent to an activating group) is 1. The van der Waals surface area contributed by atoms with Gasteiger partial charge in [-0.05, 0) is 55.8 Å². The van der Waals surface area contributed by atoms with Crippen molar-refractivity contribution in [1.82, 2.24) is 10.2 Å². The van der Waals surface area contributed by atoms with Crippen LogP contribution in [0, 0.1) is 11.3 Å². The van der Waals surface area contributed by atoms with E-state index in [1.807, 2.05) is 30.1 Å². The molecule has 1 heterocycles. The molecular weight excluding hydrogens is 272 g/mol. The summed E-state index contributed by atoms with van der Waals surface area (Å²) in [6.07, 6.45) is 3.14. The predicted octanol–water partition coefficient (Wildman–Crippen LogP) is 3.35. The Morgan fingerprint density at radius 2 is 1.86 bits per heavy atom. The first-order valence-corrected chi connectivity index (χ1v) is 8.45. The van der Waals surface area contributed by atoms with Crippen LogP contribution in [-0.2, 0) is 6.42 Å². The summed E-state index contributed by atoms with van der Waals surface area (Å²) >= 11 is 0. The summed E-state index contributed by atoms with van der Waals surface area (Å²) in [6.45, 7) is 9.60. The number of carbonyl (C=O) groups excluding carboxylic acids is 1. The fourth-order valence-corrected chi connectivity index (χ4v) is 3.33. The van der Waals surface area contributed by atoms with Crippen molar-refractivity contribution in [2.75, 3.05) is 26.7 Å². The molecule has 1 N–H and O–H groups in total. The molecule has 0 bridgehead atoms. The minimum absolute atomic E-state index is 0.207. The molecule has 0 aromatic heterocycles. The van der Waals surface area contributed by atoms with Gasteiger partial charge in [-0.1, -0.05) is 39.0 Å². The van der Waals surface area contributed by atoms with Crippen molar-refractivity contribution in [1.29, 1.82) is 0 Å². The van der Waals surface area contributed by atoms with E-state index in [0.29, 0.717) is 5.41 Å². The molecule has 1 aromatic carbocycles. The molecule has 0 aliphatic carbocycles. The van der Waals surface area contributed by atoms with Gasteiger partial charge in [-0.15, -0.1) is 0 Å². The number of hydrogen-bond acceptors (Lipinski definition) is 2. The van der Waals surface area contributed by atoms with Gasteiger partial charge in [-0.25, -0.2) is 0 Å². The van der Waals surface area contributed by atoms with Crippen molar-refractivity contribution in [3.05, 3.63) is 35.4 Å². The van der Waals surface area contributed by atoms with Crippen LogP contribution in [0.4, 0.5) is 0 Å². The standard InChI is InChI=1S/C19H30N2O/c1-19(2,3)16-10-13-21(14-11-16)18(22)17-8-6-5-7-15(17)9-12-20-4/h5-8,16,20H,9-14H2,1-4H3. The molecule has 3 nitrogen and oxygen atoms in total. The molecule has 0 unspecified atom stereocenters. The molecule has 1 aliphatic rings. The van der Waals surface area contributed by atoms with Gasteiger partial charge in [0.15, 0.2) is 0 Å². The molecule has 1 saturated heterocycles. The lowest BCUT2D eigenvalue weighted by Gasteiger charge is -2.39. The van der Waals surface area contributed by atoms with Gasteiger partial charge < -0.3 is 10.2 Å².